The van der Waals surface area contributed by atoms with E-state index in [4.69, 9.17) is 16.3 Å². The van der Waals surface area contributed by atoms with Crippen molar-refractivity contribution in [2.75, 3.05) is 27.2 Å². The molecule has 0 radical (unpaired) electrons. The molecule has 1 aliphatic heterocycles. The van der Waals surface area contributed by atoms with Gasteiger partial charge < -0.3 is 14.5 Å². The van der Waals surface area contributed by atoms with Gasteiger partial charge in [-0.05, 0) is 42.9 Å². The summed E-state index contributed by atoms with van der Waals surface area (Å²) in [5.74, 6) is 1.68. The topological polar surface area (TPSA) is 49.9 Å². The van der Waals surface area contributed by atoms with Gasteiger partial charge in [-0.25, -0.2) is 0 Å². The molecule has 1 saturated heterocycles. The largest absolute Gasteiger partial charge is 0.484 e. The Hall–Kier alpha value is -1.75. The molecule has 1 aromatic carbocycles. The number of ether oxygens (including phenoxy) is 1. The lowest BCUT2D eigenvalue weighted by atomic mass is 9.88. The first-order chi connectivity index (χ1) is 11.4. The highest BCUT2D eigenvalue weighted by atomic mass is 35.5. The van der Waals surface area contributed by atoms with Crippen LogP contribution in [0.4, 0.5) is 0 Å². The van der Waals surface area contributed by atoms with Crippen LogP contribution < -0.4 is 4.74 Å². The molecule has 0 spiro atoms. The first kappa shape index (κ1) is 17.1. The van der Waals surface area contributed by atoms with Crippen LogP contribution in [-0.4, -0.2) is 54.9 Å². The Balaban J connectivity index is 1.54. The van der Waals surface area contributed by atoms with Crippen molar-refractivity contribution < 1.29 is 14.3 Å². The number of benzene rings is 1. The van der Waals surface area contributed by atoms with Gasteiger partial charge in [-0.1, -0.05) is 17.7 Å². The van der Waals surface area contributed by atoms with Gasteiger partial charge in [0.25, 0.3) is 5.91 Å². The lowest BCUT2D eigenvalue weighted by Crippen LogP contribution is -2.40. The molecule has 0 N–H and O–H groups in total. The zero-order valence-corrected chi connectivity index (χ0v) is 14.8. The molecule has 130 valence electrons. The number of hydrogen-bond donors (Lipinski definition) is 0. The number of likely N-dealkylation sites (tertiary alicyclic amines) is 1. The monoisotopic (exact) mass is 350 g/mol. The minimum Gasteiger partial charge on any atom is -0.484 e. The van der Waals surface area contributed by atoms with Crippen LogP contribution in [0, 0.1) is 11.8 Å². The fourth-order valence-electron chi connectivity index (χ4n) is 3.81. The Labute approximate surface area is 147 Å². The Morgan fingerprint density at radius 1 is 1.38 bits per heavy atom. The summed E-state index contributed by atoms with van der Waals surface area (Å²) in [6, 6.07) is 7.22. The number of piperidine rings is 1. The predicted octanol–water partition coefficient (Wildman–Crippen LogP) is 2.43. The lowest BCUT2D eigenvalue weighted by Gasteiger charge is -2.31. The van der Waals surface area contributed by atoms with E-state index in [0.717, 1.165) is 19.4 Å². The minimum absolute atomic E-state index is 0.00150. The highest BCUT2D eigenvalue weighted by Gasteiger charge is 2.42. The maximum absolute atomic E-state index is 12.4. The molecule has 3 rings (SSSR count). The van der Waals surface area contributed by atoms with Crippen molar-refractivity contribution >= 4 is 23.4 Å². The summed E-state index contributed by atoms with van der Waals surface area (Å²) in [6.45, 7) is 0.808. The van der Waals surface area contributed by atoms with Crippen molar-refractivity contribution in [3.05, 3.63) is 29.3 Å². The van der Waals surface area contributed by atoms with Gasteiger partial charge in [0.05, 0.1) is 0 Å². The molecule has 1 heterocycles. The first-order valence-corrected chi connectivity index (χ1v) is 8.70. The summed E-state index contributed by atoms with van der Waals surface area (Å²) in [7, 11) is 3.69. The summed E-state index contributed by atoms with van der Waals surface area (Å²) < 4.78 is 5.54. The van der Waals surface area contributed by atoms with Crippen molar-refractivity contribution in [2.24, 2.45) is 11.8 Å². The highest BCUT2D eigenvalue weighted by Crippen LogP contribution is 2.40. The van der Waals surface area contributed by atoms with Crippen LogP contribution in [0.3, 0.4) is 0 Å². The number of halogens is 1. The first-order valence-electron chi connectivity index (χ1n) is 8.32. The Kier molecular flexibility index (Phi) is 4.99. The van der Waals surface area contributed by atoms with Crippen LogP contribution in [0.25, 0.3) is 0 Å². The maximum atomic E-state index is 12.4. The molecule has 0 aromatic heterocycles. The van der Waals surface area contributed by atoms with Crippen molar-refractivity contribution in [3.63, 3.8) is 0 Å². The van der Waals surface area contributed by atoms with Crippen molar-refractivity contribution in [2.45, 2.75) is 25.3 Å². The van der Waals surface area contributed by atoms with E-state index in [0.29, 0.717) is 29.0 Å². The number of carbonyl (C=O) groups excluding carboxylic acids is 2. The standard InChI is InChI=1S/C18H23ClN2O3/c1-20-10-13-7-15(6-12(13)8-17(20)22)21(2)18(23)11-24-16-5-3-4-14(19)9-16/h3-5,9,12-13,15H,6-8,10-11H2,1-2H3/t12-,13+,15-/m1/s1. The molecular weight excluding hydrogens is 328 g/mol. The quantitative estimate of drug-likeness (QED) is 0.838. The molecule has 5 nitrogen and oxygen atoms in total. The third-order valence-electron chi connectivity index (χ3n) is 5.29. The fourth-order valence-corrected chi connectivity index (χ4v) is 3.99. The molecule has 1 aromatic rings. The predicted molar refractivity (Wildman–Crippen MR) is 92.0 cm³/mol. The molecule has 0 bridgehead atoms. The van der Waals surface area contributed by atoms with E-state index in [9.17, 15) is 9.59 Å². The van der Waals surface area contributed by atoms with Gasteiger partial charge in [0.2, 0.25) is 5.91 Å². The molecule has 2 amide bonds. The summed E-state index contributed by atoms with van der Waals surface area (Å²) in [6.07, 6.45) is 2.48. The zero-order valence-electron chi connectivity index (χ0n) is 14.1. The Morgan fingerprint density at radius 2 is 2.12 bits per heavy atom. The maximum Gasteiger partial charge on any atom is 0.260 e. The van der Waals surface area contributed by atoms with Crippen molar-refractivity contribution in [1.29, 1.82) is 0 Å². The molecule has 24 heavy (non-hydrogen) atoms. The van der Waals surface area contributed by atoms with Crippen LogP contribution in [0.2, 0.25) is 5.02 Å². The average Bonchev–Trinajstić information content (AvgIpc) is 2.95. The van der Waals surface area contributed by atoms with Gasteiger partial charge >= 0.3 is 0 Å². The van der Waals surface area contributed by atoms with Gasteiger partial charge in [-0.2, -0.15) is 0 Å². The molecule has 1 aliphatic carbocycles. The molecule has 0 unspecified atom stereocenters. The van der Waals surface area contributed by atoms with E-state index in [2.05, 4.69) is 0 Å². The number of amides is 2. The van der Waals surface area contributed by atoms with Crippen LogP contribution in [-0.2, 0) is 9.59 Å². The van der Waals surface area contributed by atoms with Gasteiger partial charge in [0.1, 0.15) is 5.75 Å². The minimum atomic E-state index is -0.0432. The van der Waals surface area contributed by atoms with E-state index in [1.54, 1.807) is 29.2 Å². The number of nitrogens with zero attached hydrogens (tertiary/aromatic N) is 2. The van der Waals surface area contributed by atoms with Gasteiger partial charge in [0, 0.05) is 38.1 Å². The second-order valence-electron chi connectivity index (χ2n) is 6.87. The Morgan fingerprint density at radius 3 is 2.88 bits per heavy atom. The molecule has 3 atom stereocenters. The molecule has 2 aliphatic rings. The van der Waals surface area contributed by atoms with Crippen LogP contribution >= 0.6 is 11.6 Å². The number of carbonyl (C=O) groups is 2. The van der Waals surface area contributed by atoms with E-state index < -0.39 is 0 Å². The van der Waals surface area contributed by atoms with Crippen LogP contribution in [0.15, 0.2) is 24.3 Å². The number of fused-ring (bicyclic) bond motifs is 1. The van der Waals surface area contributed by atoms with E-state index in [1.807, 2.05) is 19.0 Å². The molecule has 1 saturated carbocycles. The van der Waals surface area contributed by atoms with Crippen LogP contribution in [0.5, 0.6) is 5.75 Å². The molecule has 6 heteroatoms. The van der Waals surface area contributed by atoms with Crippen LogP contribution in [0.1, 0.15) is 19.3 Å². The zero-order chi connectivity index (χ0) is 17.3. The van der Waals surface area contributed by atoms with Crippen molar-refractivity contribution in [1.82, 2.24) is 9.80 Å². The Bertz CT molecular complexity index is 636. The highest BCUT2D eigenvalue weighted by molar-refractivity contribution is 6.30. The lowest BCUT2D eigenvalue weighted by molar-refractivity contribution is -0.135. The summed E-state index contributed by atoms with van der Waals surface area (Å²) >= 11 is 5.91. The third kappa shape index (κ3) is 3.66. The normalized spacial score (nSPS) is 26.2. The molecular formula is C18H23ClN2O3. The molecule has 2 fully saturated rings. The van der Waals surface area contributed by atoms with Gasteiger partial charge in [-0.15, -0.1) is 0 Å². The third-order valence-corrected chi connectivity index (χ3v) is 5.52. The summed E-state index contributed by atoms with van der Waals surface area (Å²) in [4.78, 5) is 27.9. The smallest absolute Gasteiger partial charge is 0.260 e. The van der Waals surface area contributed by atoms with Crippen molar-refractivity contribution in [3.8, 4) is 5.75 Å². The van der Waals surface area contributed by atoms with Gasteiger partial charge in [-0.3, -0.25) is 9.59 Å². The van der Waals surface area contributed by atoms with E-state index >= 15 is 0 Å². The summed E-state index contributed by atoms with van der Waals surface area (Å²) in [5, 5.41) is 0.585. The number of likely N-dealkylation sites (N-methyl/N-ethyl adjacent to an activating group) is 1. The van der Waals surface area contributed by atoms with E-state index in [1.165, 1.54) is 0 Å². The second-order valence-corrected chi connectivity index (χ2v) is 7.31. The second kappa shape index (κ2) is 7.01. The summed E-state index contributed by atoms with van der Waals surface area (Å²) in [5.41, 5.74) is 0. The van der Waals surface area contributed by atoms with E-state index in [-0.39, 0.29) is 24.5 Å². The number of rotatable bonds is 4. The average molecular weight is 351 g/mol. The number of hydrogen-bond acceptors (Lipinski definition) is 3. The SMILES string of the molecule is CN1C[C@@H]2C[C@H](N(C)C(=O)COc3cccc(Cl)c3)C[C@@H]2CC1=O. The van der Waals surface area contributed by atoms with Gasteiger partial charge in [0.15, 0.2) is 6.61 Å². The fraction of sp³-hybridized carbons (Fsp3) is 0.556.